The summed E-state index contributed by atoms with van der Waals surface area (Å²) in [6, 6.07) is 0. The van der Waals surface area contributed by atoms with Gasteiger partial charge in [-0.25, -0.2) is 4.98 Å². The molecular weight excluding hydrogens is 170 g/mol. The second kappa shape index (κ2) is 3.45. The Morgan fingerprint density at radius 1 is 1.46 bits per heavy atom. The van der Waals surface area contributed by atoms with Gasteiger partial charge in [0.1, 0.15) is 0 Å². The number of aromatic nitrogens is 2. The molecule has 5 nitrogen and oxygen atoms in total. The van der Waals surface area contributed by atoms with Gasteiger partial charge in [0.2, 0.25) is 0 Å². The number of aliphatic hydroxyl groups excluding tert-OH is 2. The predicted molar refractivity (Wildman–Crippen MR) is 45.9 cm³/mol. The molecule has 0 radical (unpaired) electrons. The van der Waals surface area contributed by atoms with Crippen molar-refractivity contribution in [2.24, 2.45) is 0 Å². The van der Waals surface area contributed by atoms with Gasteiger partial charge in [-0.1, -0.05) is 0 Å². The Balaban J connectivity index is 1.91. The number of aliphatic hydroxyl groups is 2. The zero-order chi connectivity index (χ0) is 9.26. The molecule has 0 aliphatic carbocycles. The maximum atomic E-state index is 9.28. The summed E-state index contributed by atoms with van der Waals surface area (Å²) in [5.41, 5.74) is 1.00. The second-order valence-electron chi connectivity index (χ2n) is 3.41. The first-order chi connectivity index (χ1) is 6.25. The van der Waals surface area contributed by atoms with E-state index in [4.69, 9.17) is 0 Å². The lowest BCUT2D eigenvalue weighted by atomic mass is 10.3. The molecule has 1 aliphatic heterocycles. The number of nitrogens with one attached hydrogen (secondary N) is 1. The summed E-state index contributed by atoms with van der Waals surface area (Å²) in [5, 5.41) is 18.6. The number of imidazole rings is 1. The lowest BCUT2D eigenvalue weighted by Crippen LogP contribution is -2.22. The number of hydrogen-bond donors (Lipinski definition) is 3. The van der Waals surface area contributed by atoms with Crippen LogP contribution in [0.3, 0.4) is 0 Å². The van der Waals surface area contributed by atoms with Crippen LogP contribution < -0.4 is 0 Å². The van der Waals surface area contributed by atoms with E-state index in [0.29, 0.717) is 19.6 Å². The van der Waals surface area contributed by atoms with Crippen LogP contribution in [0.4, 0.5) is 0 Å². The highest BCUT2D eigenvalue weighted by Crippen LogP contribution is 2.12. The van der Waals surface area contributed by atoms with Gasteiger partial charge in [0.25, 0.3) is 0 Å². The molecule has 0 amide bonds. The third kappa shape index (κ3) is 1.88. The third-order valence-electron chi connectivity index (χ3n) is 2.28. The average Bonchev–Trinajstić information content (AvgIpc) is 2.64. The van der Waals surface area contributed by atoms with Crippen molar-refractivity contribution in [2.45, 2.75) is 18.8 Å². The molecule has 3 N–H and O–H groups in total. The van der Waals surface area contributed by atoms with Crippen LogP contribution in [0.1, 0.15) is 5.69 Å². The lowest BCUT2D eigenvalue weighted by molar-refractivity contribution is 0.0572. The van der Waals surface area contributed by atoms with E-state index >= 15 is 0 Å². The van der Waals surface area contributed by atoms with Crippen LogP contribution in [0.2, 0.25) is 0 Å². The highest BCUT2D eigenvalue weighted by Gasteiger charge is 2.29. The molecule has 1 aliphatic rings. The molecular formula is C8H13N3O2. The van der Waals surface area contributed by atoms with Crippen LogP contribution in [0, 0.1) is 0 Å². The number of aromatic amines is 1. The summed E-state index contributed by atoms with van der Waals surface area (Å²) in [4.78, 5) is 8.86. The zero-order valence-corrected chi connectivity index (χ0v) is 7.22. The molecule has 72 valence electrons. The number of nitrogens with zero attached hydrogens (tertiary/aromatic N) is 2. The van der Waals surface area contributed by atoms with Crippen molar-refractivity contribution in [3.05, 3.63) is 18.2 Å². The number of H-pyrrole nitrogens is 1. The summed E-state index contributed by atoms with van der Waals surface area (Å²) >= 11 is 0. The lowest BCUT2D eigenvalue weighted by Gasteiger charge is -2.12. The molecule has 1 aromatic heterocycles. The normalized spacial score (nSPS) is 29.7. The van der Waals surface area contributed by atoms with Crippen molar-refractivity contribution in [2.75, 3.05) is 13.1 Å². The predicted octanol–water partition coefficient (Wildman–Crippen LogP) is -1.05. The molecule has 1 fully saturated rings. The fourth-order valence-corrected chi connectivity index (χ4v) is 1.59. The fourth-order valence-electron chi connectivity index (χ4n) is 1.59. The van der Waals surface area contributed by atoms with Gasteiger partial charge in [-0.2, -0.15) is 0 Å². The van der Waals surface area contributed by atoms with Crippen LogP contribution >= 0.6 is 0 Å². The molecule has 0 saturated carbocycles. The van der Waals surface area contributed by atoms with Crippen LogP contribution in [-0.2, 0) is 6.54 Å². The van der Waals surface area contributed by atoms with E-state index in [1.807, 2.05) is 4.90 Å². The van der Waals surface area contributed by atoms with Gasteiger partial charge in [-0.3, -0.25) is 4.90 Å². The van der Waals surface area contributed by atoms with E-state index in [-0.39, 0.29) is 0 Å². The quantitative estimate of drug-likeness (QED) is 0.547. The Hall–Kier alpha value is -0.910. The highest BCUT2D eigenvalue weighted by atomic mass is 16.3. The first-order valence-electron chi connectivity index (χ1n) is 4.31. The Morgan fingerprint density at radius 2 is 2.15 bits per heavy atom. The molecule has 0 aromatic carbocycles. The Kier molecular flexibility index (Phi) is 2.30. The van der Waals surface area contributed by atoms with E-state index in [9.17, 15) is 10.2 Å². The van der Waals surface area contributed by atoms with Crippen molar-refractivity contribution < 1.29 is 10.2 Å². The minimum Gasteiger partial charge on any atom is -0.389 e. The number of hydrogen-bond acceptors (Lipinski definition) is 4. The molecule has 13 heavy (non-hydrogen) atoms. The summed E-state index contributed by atoms with van der Waals surface area (Å²) in [7, 11) is 0. The minimum absolute atomic E-state index is 0.528. The number of β-amino-alcohol motifs (C(OH)–C–C–N with tert-alkyl or cyclic N) is 2. The van der Waals surface area contributed by atoms with Crippen molar-refractivity contribution in [3.63, 3.8) is 0 Å². The SMILES string of the molecule is O[C@@H]1CN(Cc2cnc[nH]2)C[C@@H]1O. The molecule has 1 aromatic rings. The van der Waals surface area contributed by atoms with Gasteiger partial charge in [0.05, 0.1) is 18.5 Å². The monoisotopic (exact) mass is 183 g/mol. The van der Waals surface area contributed by atoms with Crippen molar-refractivity contribution in [1.82, 2.24) is 14.9 Å². The zero-order valence-electron chi connectivity index (χ0n) is 7.22. The first kappa shape index (κ1) is 8.68. The molecule has 2 rings (SSSR count). The molecule has 2 atom stereocenters. The molecule has 0 unspecified atom stereocenters. The Morgan fingerprint density at radius 3 is 2.69 bits per heavy atom. The van der Waals surface area contributed by atoms with Crippen LogP contribution in [-0.4, -0.2) is 50.4 Å². The second-order valence-corrected chi connectivity index (χ2v) is 3.41. The fraction of sp³-hybridized carbons (Fsp3) is 0.625. The summed E-state index contributed by atoms with van der Waals surface area (Å²) in [6.45, 7) is 1.76. The maximum Gasteiger partial charge on any atom is 0.0938 e. The van der Waals surface area contributed by atoms with Gasteiger partial charge in [-0.15, -0.1) is 0 Å². The number of rotatable bonds is 2. The summed E-state index contributed by atoms with van der Waals surface area (Å²) < 4.78 is 0. The van der Waals surface area contributed by atoms with Gasteiger partial charge in [0.15, 0.2) is 0 Å². The average molecular weight is 183 g/mol. The van der Waals surface area contributed by atoms with Crippen molar-refractivity contribution >= 4 is 0 Å². The standard InChI is InChI=1S/C8H13N3O2/c12-7-3-11(4-8(7)13)2-6-1-9-5-10-6/h1,5,7-8,12-13H,2-4H2,(H,9,10)/t7-,8+. The molecule has 2 heterocycles. The van der Waals surface area contributed by atoms with E-state index in [1.165, 1.54) is 0 Å². The van der Waals surface area contributed by atoms with E-state index in [1.54, 1.807) is 12.5 Å². The van der Waals surface area contributed by atoms with Gasteiger partial charge in [-0.05, 0) is 0 Å². The third-order valence-corrected chi connectivity index (χ3v) is 2.28. The van der Waals surface area contributed by atoms with Crippen molar-refractivity contribution in [3.8, 4) is 0 Å². The first-order valence-corrected chi connectivity index (χ1v) is 4.31. The van der Waals surface area contributed by atoms with Crippen LogP contribution in [0.25, 0.3) is 0 Å². The van der Waals surface area contributed by atoms with E-state index < -0.39 is 12.2 Å². The summed E-state index contributed by atoms with van der Waals surface area (Å²) in [6.07, 6.45) is 2.15. The van der Waals surface area contributed by atoms with Gasteiger partial charge >= 0.3 is 0 Å². The topological polar surface area (TPSA) is 72.4 Å². The maximum absolute atomic E-state index is 9.28. The molecule has 1 saturated heterocycles. The molecule has 5 heteroatoms. The smallest absolute Gasteiger partial charge is 0.0938 e. The summed E-state index contributed by atoms with van der Waals surface area (Å²) in [5.74, 6) is 0. The molecule has 0 spiro atoms. The Bertz CT molecular complexity index is 252. The number of likely N-dealkylation sites (tertiary alicyclic amines) is 1. The van der Waals surface area contributed by atoms with E-state index in [0.717, 1.165) is 5.69 Å². The minimum atomic E-state index is -0.608. The van der Waals surface area contributed by atoms with Gasteiger partial charge < -0.3 is 15.2 Å². The van der Waals surface area contributed by atoms with Crippen LogP contribution in [0.5, 0.6) is 0 Å². The Labute approximate surface area is 76.0 Å². The van der Waals surface area contributed by atoms with Gasteiger partial charge in [0, 0.05) is 31.5 Å². The van der Waals surface area contributed by atoms with E-state index in [2.05, 4.69) is 9.97 Å². The van der Waals surface area contributed by atoms with Crippen molar-refractivity contribution in [1.29, 1.82) is 0 Å². The molecule has 0 bridgehead atoms. The largest absolute Gasteiger partial charge is 0.389 e. The van der Waals surface area contributed by atoms with Crippen LogP contribution in [0.15, 0.2) is 12.5 Å². The highest BCUT2D eigenvalue weighted by molar-refractivity contribution is 4.96.